The molecule has 2 N–H and O–H groups in total. The maximum absolute atomic E-state index is 16.1. The summed E-state index contributed by atoms with van der Waals surface area (Å²) in [6.45, 7) is 6.56. The number of aromatic nitrogens is 1. The fourth-order valence-electron chi connectivity index (χ4n) is 8.30. The third-order valence-electron chi connectivity index (χ3n) is 10.7. The molecule has 1 aromatic heterocycles. The molecule has 2 aromatic rings. The van der Waals surface area contributed by atoms with E-state index in [2.05, 4.69) is 29.5 Å². The van der Waals surface area contributed by atoms with Crippen molar-refractivity contribution in [1.82, 2.24) is 10.3 Å². The van der Waals surface area contributed by atoms with Gasteiger partial charge in [0.15, 0.2) is 22.9 Å². The molecular weight excluding hydrogens is 608 g/mol. The van der Waals surface area contributed by atoms with Gasteiger partial charge < -0.3 is 14.8 Å². The Kier molecular flexibility index (Phi) is 7.88. The lowest BCUT2D eigenvalue weighted by Gasteiger charge is -2.50. The van der Waals surface area contributed by atoms with E-state index in [1.54, 1.807) is 12.1 Å². The molecular formula is C33H38Cl2FN3O5. The lowest BCUT2D eigenvalue weighted by atomic mass is 9.53. The predicted octanol–water partition coefficient (Wildman–Crippen LogP) is 6.13. The number of fused-ring (bicyclic) bond motifs is 3. The van der Waals surface area contributed by atoms with Crippen LogP contribution in [0.1, 0.15) is 82.8 Å². The van der Waals surface area contributed by atoms with E-state index in [0.717, 1.165) is 12.8 Å². The molecule has 6 rings (SSSR count). The van der Waals surface area contributed by atoms with Crippen LogP contribution < -0.4 is 10.6 Å². The molecule has 5 atom stereocenters. The molecule has 4 aliphatic rings. The number of hydrogen-bond donors (Lipinski definition) is 2. The standard InChI is InChI=1S/C33H38Cl2FN3O5/c1-30(2)10-12-32(13-11-30)33(20-6-5-18(34)15-21(20)38-29(33)42)24(19-8-14-37-27(35)25(19)36)26(39-32)22(40)16-31(3)9-7-23(44-17-31)28(41)43-4/h5-6,8,14-15,23-24,26,39H,7,9-13,16-17H2,1-4H3,(H,38,42)/t23-,24-,26-,31?,33+/m0/s1. The van der Waals surface area contributed by atoms with Crippen molar-refractivity contribution in [3.63, 3.8) is 0 Å². The van der Waals surface area contributed by atoms with Gasteiger partial charge in [-0.1, -0.05) is 50.0 Å². The minimum atomic E-state index is -1.32. The Morgan fingerprint density at radius 2 is 1.84 bits per heavy atom. The molecule has 236 valence electrons. The van der Waals surface area contributed by atoms with E-state index in [9.17, 15) is 14.4 Å². The number of halogens is 3. The average Bonchev–Trinajstić information content (AvgIpc) is 3.44. The van der Waals surface area contributed by atoms with Gasteiger partial charge in [-0.15, -0.1) is 0 Å². The highest BCUT2D eigenvalue weighted by Crippen LogP contribution is 2.64. The Bertz CT molecular complexity index is 1510. The maximum atomic E-state index is 16.1. The second-order valence-electron chi connectivity index (χ2n) is 14.1. The number of amides is 1. The first-order valence-corrected chi connectivity index (χ1v) is 15.9. The number of methoxy groups -OCH3 is 1. The summed E-state index contributed by atoms with van der Waals surface area (Å²) in [6.07, 6.45) is 4.69. The number of hydrogen-bond acceptors (Lipinski definition) is 7. The molecule has 1 aliphatic carbocycles. The number of Topliss-reactive ketones (excluding diaryl/α,β-unsaturated/α-hetero) is 1. The van der Waals surface area contributed by atoms with Crippen LogP contribution in [0.5, 0.6) is 0 Å². The van der Waals surface area contributed by atoms with Gasteiger partial charge in [-0.25, -0.2) is 14.2 Å². The molecule has 2 saturated heterocycles. The van der Waals surface area contributed by atoms with Gasteiger partial charge in [-0.05, 0) is 78.7 Å². The zero-order valence-electron chi connectivity index (χ0n) is 25.4. The molecule has 44 heavy (non-hydrogen) atoms. The summed E-state index contributed by atoms with van der Waals surface area (Å²) in [4.78, 5) is 45.2. The van der Waals surface area contributed by atoms with Crippen LogP contribution in [0.3, 0.4) is 0 Å². The van der Waals surface area contributed by atoms with Gasteiger partial charge in [-0.2, -0.15) is 0 Å². The zero-order valence-corrected chi connectivity index (χ0v) is 26.9. The fourth-order valence-corrected chi connectivity index (χ4v) is 8.64. The maximum Gasteiger partial charge on any atom is 0.334 e. The lowest BCUT2D eigenvalue weighted by molar-refractivity contribution is -0.163. The van der Waals surface area contributed by atoms with E-state index >= 15 is 4.39 Å². The molecule has 2 spiro atoms. The minimum absolute atomic E-state index is 0.0396. The normalized spacial score (nSPS) is 32.0. The van der Waals surface area contributed by atoms with Crippen molar-refractivity contribution in [2.24, 2.45) is 10.8 Å². The second-order valence-corrected chi connectivity index (χ2v) is 14.9. The van der Waals surface area contributed by atoms with E-state index < -0.39 is 46.2 Å². The Morgan fingerprint density at radius 1 is 1.11 bits per heavy atom. The third kappa shape index (κ3) is 4.86. The van der Waals surface area contributed by atoms with E-state index in [4.69, 9.17) is 32.7 Å². The van der Waals surface area contributed by atoms with Crippen LogP contribution in [-0.4, -0.2) is 54.0 Å². The summed E-state index contributed by atoms with van der Waals surface area (Å²) in [6, 6.07) is 5.91. The van der Waals surface area contributed by atoms with Gasteiger partial charge in [0.25, 0.3) is 0 Å². The molecule has 11 heteroatoms. The molecule has 8 nitrogen and oxygen atoms in total. The summed E-state index contributed by atoms with van der Waals surface area (Å²) in [5, 5.41) is 6.92. The topological polar surface area (TPSA) is 107 Å². The number of rotatable bonds is 5. The van der Waals surface area contributed by atoms with Gasteiger partial charge in [0, 0.05) is 34.8 Å². The highest BCUT2D eigenvalue weighted by atomic mass is 35.5. The van der Waals surface area contributed by atoms with Crippen LogP contribution in [0.25, 0.3) is 0 Å². The van der Waals surface area contributed by atoms with Gasteiger partial charge in [0.2, 0.25) is 5.91 Å². The van der Waals surface area contributed by atoms with E-state index in [1.165, 1.54) is 19.4 Å². The first kappa shape index (κ1) is 31.4. The van der Waals surface area contributed by atoms with E-state index in [-0.39, 0.29) is 40.8 Å². The van der Waals surface area contributed by atoms with Crippen LogP contribution in [0, 0.1) is 16.6 Å². The van der Waals surface area contributed by atoms with Gasteiger partial charge in [0.05, 0.1) is 19.8 Å². The molecule has 1 amide bonds. The Balaban J connectivity index is 1.48. The number of nitrogens with zero attached hydrogens (tertiary/aromatic N) is 1. The van der Waals surface area contributed by atoms with Gasteiger partial charge in [-0.3, -0.25) is 14.9 Å². The number of nitrogens with one attached hydrogen (secondary N) is 2. The number of pyridine rings is 1. The van der Waals surface area contributed by atoms with Crippen molar-refractivity contribution in [3.8, 4) is 0 Å². The number of benzene rings is 1. The molecule has 1 aromatic carbocycles. The minimum Gasteiger partial charge on any atom is -0.467 e. The van der Waals surface area contributed by atoms with E-state index in [0.29, 0.717) is 42.0 Å². The van der Waals surface area contributed by atoms with Crippen molar-refractivity contribution in [2.75, 3.05) is 19.0 Å². The number of carbonyl (C=O) groups is 3. The summed E-state index contributed by atoms with van der Waals surface area (Å²) in [5.74, 6) is -2.54. The predicted molar refractivity (Wildman–Crippen MR) is 164 cm³/mol. The average molecular weight is 647 g/mol. The molecule has 0 radical (unpaired) electrons. The first-order valence-electron chi connectivity index (χ1n) is 15.2. The Hall–Kier alpha value is -2.59. The molecule has 4 heterocycles. The third-order valence-corrected chi connectivity index (χ3v) is 11.2. The second kappa shape index (κ2) is 11.0. The van der Waals surface area contributed by atoms with Gasteiger partial charge in [0.1, 0.15) is 5.41 Å². The van der Waals surface area contributed by atoms with Crippen molar-refractivity contribution in [1.29, 1.82) is 0 Å². The lowest BCUT2D eigenvalue weighted by Crippen LogP contribution is -2.61. The summed E-state index contributed by atoms with van der Waals surface area (Å²) in [7, 11) is 1.32. The quantitative estimate of drug-likeness (QED) is 0.298. The summed E-state index contributed by atoms with van der Waals surface area (Å²) in [5.41, 5.74) is -1.27. The van der Waals surface area contributed by atoms with Crippen LogP contribution in [0.4, 0.5) is 10.1 Å². The van der Waals surface area contributed by atoms with Crippen molar-refractivity contribution in [3.05, 3.63) is 57.6 Å². The monoisotopic (exact) mass is 645 g/mol. The van der Waals surface area contributed by atoms with E-state index in [1.807, 2.05) is 13.0 Å². The first-order chi connectivity index (χ1) is 20.8. The number of ether oxygens (including phenoxy) is 2. The molecule has 1 saturated carbocycles. The Morgan fingerprint density at radius 3 is 2.50 bits per heavy atom. The van der Waals surface area contributed by atoms with Crippen LogP contribution in [0.15, 0.2) is 30.5 Å². The molecule has 0 bridgehead atoms. The Labute approximate surface area is 266 Å². The number of carbonyl (C=O) groups excluding carboxylic acids is 3. The smallest absolute Gasteiger partial charge is 0.334 e. The van der Waals surface area contributed by atoms with Crippen LogP contribution >= 0.6 is 23.2 Å². The van der Waals surface area contributed by atoms with Crippen LogP contribution in [-0.2, 0) is 29.3 Å². The highest BCUT2D eigenvalue weighted by Gasteiger charge is 2.73. The highest BCUT2D eigenvalue weighted by molar-refractivity contribution is 6.31. The van der Waals surface area contributed by atoms with Crippen molar-refractivity contribution < 1.29 is 28.2 Å². The fraction of sp³-hybridized carbons (Fsp3) is 0.576. The number of anilines is 1. The van der Waals surface area contributed by atoms with Crippen molar-refractivity contribution >= 4 is 46.5 Å². The number of ketones is 1. The molecule has 3 fully saturated rings. The SMILES string of the molecule is COC(=O)[C@@H]1CCC(C)(CC(=O)[C@@H]2NC3(CCC(C)(C)CC3)[C@@]3(C(=O)Nc4cc(Cl)ccc43)[C@H]2c2ccnc(Cl)c2F)CO1. The van der Waals surface area contributed by atoms with Crippen molar-refractivity contribution in [2.45, 2.75) is 94.7 Å². The zero-order chi connectivity index (χ0) is 31.7. The summed E-state index contributed by atoms with van der Waals surface area (Å²) < 4.78 is 26.8. The van der Waals surface area contributed by atoms with Gasteiger partial charge >= 0.3 is 5.97 Å². The molecule has 3 aliphatic heterocycles. The molecule has 1 unspecified atom stereocenters. The van der Waals surface area contributed by atoms with Crippen LogP contribution in [0.2, 0.25) is 10.2 Å². The summed E-state index contributed by atoms with van der Waals surface area (Å²) >= 11 is 12.6. The largest absolute Gasteiger partial charge is 0.467 e. The number of esters is 1.